The normalized spacial score (nSPS) is 17.2. The molecule has 220 valence electrons. The van der Waals surface area contributed by atoms with E-state index < -0.39 is 15.4 Å². The van der Waals surface area contributed by atoms with Crippen LogP contribution < -0.4 is 14.5 Å². The van der Waals surface area contributed by atoms with Crippen LogP contribution in [0.5, 0.6) is 0 Å². The number of aromatic nitrogens is 3. The number of likely N-dealkylation sites (N-methyl/N-ethyl adjacent to an activating group) is 1. The Labute approximate surface area is 247 Å². The number of benzene rings is 2. The summed E-state index contributed by atoms with van der Waals surface area (Å²) < 4.78 is 29.5. The van der Waals surface area contributed by atoms with Crippen molar-refractivity contribution in [1.29, 1.82) is 0 Å². The zero-order chi connectivity index (χ0) is 29.5. The van der Waals surface area contributed by atoms with Gasteiger partial charge in [0.25, 0.3) is 10.0 Å². The molecule has 2 N–H and O–H groups in total. The Morgan fingerprint density at radius 3 is 2.52 bits per heavy atom. The predicted octanol–water partition coefficient (Wildman–Crippen LogP) is 4.15. The van der Waals surface area contributed by atoms with Crippen molar-refractivity contribution < 1.29 is 13.5 Å². The van der Waals surface area contributed by atoms with Crippen LogP contribution in [-0.2, 0) is 15.4 Å². The van der Waals surface area contributed by atoms with Crippen molar-refractivity contribution in [2.75, 3.05) is 54.4 Å². The average molecular weight is 588 g/mol. The largest absolute Gasteiger partial charge is 0.395 e. The van der Waals surface area contributed by atoms with E-state index in [9.17, 15) is 13.5 Å². The molecule has 0 bridgehead atoms. The second-order valence-electron chi connectivity index (χ2n) is 11.8. The van der Waals surface area contributed by atoms with Crippen LogP contribution in [0.4, 0.5) is 23.1 Å². The number of piperidine rings is 1. The number of nitrogens with zero attached hydrogens (tertiary/aromatic N) is 6. The summed E-state index contributed by atoms with van der Waals surface area (Å²) >= 11 is 0. The number of hydrogen-bond donors (Lipinski definition) is 2. The van der Waals surface area contributed by atoms with Gasteiger partial charge < -0.3 is 20.2 Å². The first-order valence-electron chi connectivity index (χ1n) is 14.3. The number of para-hydroxylation sites is 1. The maximum absolute atomic E-state index is 14.0. The van der Waals surface area contributed by atoms with Crippen molar-refractivity contribution >= 4 is 44.1 Å². The van der Waals surface area contributed by atoms with Crippen LogP contribution in [0, 0.1) is 0 Å². The molecule has 11 heteroatoms. The summed E-state index contributed by atoms with van der Waals surface area (Å²) in [6, 6.07) is 17.5. The molecule has 1 saturated heterocycles. The number of rotatable bonds is 8. The molecular formula is C31H37N7O3S. The number of anilines is 4. The maximum Gasteiger partial charge on any atom is 0.267 e. The molecule has 6 rings (SSSR count). The van der Waals surface area contributed by atoms with Crippen LogP contribution >= 0.6 is 0 Å². The maximum atomic E-state index is 14.0. The minimum absolute atomic E-state index is 0.164. The molecule has 4 heterocycles. The van der Waals surface area contributed by atoms with Crippen LogP contribution in [-0.4, -0.2) is 79.3 Å². The van der Waals surface area contributed by atoms with Crippen LogP contribution in [0.15, 0.2) is 71.9 Å². The third-order valence-electron chi connectivity index (χ3n) is 8.47. The van der Waals surface area contributed by atoms with Crippen molar-refractivity contribution in [3.05, 3.63) is 72.6 Å². The van der Waals surface area contributed by atoms with Gasteiger partial charge in [-0.05, 0) is 56.3 Å². The lowest BCUT2D eigenvalue weighted by Crippen LogP contribution is -2.44. The molecule has 0 radical (unpaired) electrons. The number of pyridine rings is 1. The van der Waals surface area contributed by atoms with Gasteiger partial charge in [-0.15, -0.1) is 0 Å². The monoisotopic (exact) mass is 587 g/mol. The average Bonchev–Trinajstić information content (AvgIpc) is 3.28. The predicted molar refractivity (Wildman–Crippen MR) is 166 cm³/mol. The Balaban J connectivity index is 1.22. The lowest BCUT2D eigenvalue weighted by Gasteiger charge is -2.37. The first kappa shape index (κ1) is 28.3. The summed E-state index contributed by atoms with van der Waals surface area (Å²) in [6.45, 7) is 7.09. The standard InChI is InChI=1S/C31H37N7O3S/c1-31(2)21-38(42(40,41)27-8-4-6-22-7-5-15-32-28(22)27)29-26(31)20-33-30(35-29)34-23-9-11-25(12-10-23)37-16-13-24(14-17-37)36(3)18-19-39/h4-12,15,20,24,39H,13-14,16-19,21H2,1-3H3,(H,33,34,35). The summed E-state index contributed by atoms with van der Waals surface area (Å²) in [6.07, 6.45) is 5.46. The Kier molecular flexibility index (Phi) is 7.50. The number of hydrogen-bond acceptors (Lipinski definition) is 9. The zero-order valence-electron chi connectivity index (χ0n) is 24.2. The van der Waals surface area contributed by atoms with Gasteiger partial charge in [0.1, 0.15) is 4.90 Å². The van der Waals surface area contributed by atoms with E-state index >= 15 is 0 Å². The van der Waals surface area contributed by atoms with Crippen molar-refractivity contribution in [1.82, 2.24) is 19.9 Å². The van der Waals surface area contributed by atoms with E-state index in [1.807, 2.05) is 38.1 Å². The van der Waals surface area contributed by atoms with Gasteiger partial charge in [-0.2, -0.15) is 4.98 Å². The Bertz CT molecular complexity index is 1680. The molecular weight excluding hydrogens is 550 g/mol. The number of aliphatic hydroxyl groups is 1. The topological polar surface area (TPSA) is 115 Å². The number of nitrogens with one attached hydrogen (secondary N) is 1. The molecule has 42 heavy (non-hydrogen) atoms. The molecule has 0 saturated carbocycles. The molecule has 2 aromatic heterocycles. The second kappa shape index (κ2) is 11.1. The highest BCUT2D eigenvalue weighted by Gasteiger charge is 2.43. The Morgan fingerprint density at radius 2 is 1.79 bits per heavy atom. The van der Waals surface area contributed by atoms with Crippen molar-refractivity contribution in [3.63, 3.8) is 0 Å². The molecule has 0 aliphatic carbocycles. The first-order chi connectivity index (χ1) is 20.2. The number of fused-ring (bicyclic) bond motifs is 2. The minimum Gasteiger partial charge on any atom is -0.395 e. The fourth-order valence-corrected chi connectivity index (χ4v) is 7.77. The van der Waals surface area contributed by atoms with Gasteiger partial charge in [-0.25, -0.2) is 17.7 Å². The molecule has 1 fully saturated rings. The Hall–Kier alpha value is -3.80. The summed E-state index contributed by atoms with van der Waals surface area (Å²) in [7, 11) is -1.86. The van der Waals surface area contributed by atoms with E-state index in [0.717, 1.165) is 48.3 Å². The minimum atomic E-state index is -3.94. The molecule has 10 nitrogen and oxygen atoms in total. The van der Waals surface area contributed by atoms with Gasteiger partial charge in [-0.3, -0.25) is 4.98 Å². The van der Waals surface area contributed by atoms with E-state index in [0.29, 0.717) is 29.9 Å². The van der Waals surface area contributed by atoms with Gasteiger partial charge in [0, 0.05) is 72.4 Å². The molecule has 4 aromatic rings. The van der Waals surface area contributed by atoms with Crippen LogP contribution in [0.3, 0.4) is 0 Å². The molecule has 0 spiro atoms. The lowest BCUT2D eigenvalue weighted by molar-refractivity contribution is 0.162. The number of sulfonamides is 1. The smallest absolute Gasteiger partial charge is 0.267 e. The van der Waals surface area contributed by atoms with Crippen LogP contribution in [0.1, 0.15) is 32.3 Å². The van der Waals surface area contributed by atoms with Gasteiger partial charge in [0.15, 0.2) is 5.82 Å². The SMILES string of the molecule is CN(CCO)C1CCN(c2ccc(Nc3ncc4c(n3)N(S(=O)(=O)c3cccc5cccnc35)CC4(C)C)cc2)CC1. The zero-order valence-corrected chi connectivity index (χ0v) is 25.0. The van der Waals surface area contributed by atoms with E-state index in [1.165, 1.54) is 4.31 Å². The molecule has 2 aromatic carbocycles. The highest BCUT2D eigenvalue weighted by molar-refractivity contribution is 7.93. The van der Waals surface area contributed by atoms with Crippen molar-refractivity contribution in [2.45, 2.75) is 43.0 Å². The number of aliphatic hydroxyl groups excluding tert-OH is 1. The molecule has 0 unspecified atom stereocenters. The summed E-state index contributed by atoms with van der Waals surface area (Å²) in [5.41, 5.74) is 2.75. The molecule has 2 aliphatic rings. The van der Waals surface area contributed by atoms with Crippen molar-refractivity contribution in [2.24, 2.45) is 0 Å². The third-order valence-corrected chi connectivity index (χ3v) is 10.2. The Morgan fingerprint density at radius 1 is 1.05 bits per heavy atom. The molecule has 0 atom stereocenters. The van der Waals surface area contributed by atoms with Crippen LogP contribution in [0.2, 0.25) is 0 Å². The van der Waals surface area contributed by atoms with Gasteiger partial charge in [0.05, 0.1) is 12.1 Å². The highest BCUT2D eigenvalue weighted by Crippen LogP contribution is 2.42. The van der Waals surface area contributed by atoms with Gasteiger partial charge in [-0.1, -0.05) is 32.0 Å². The fraction of sp³-hybridized carbons (Fsp3) is 0.387. The van der Waals surface area contributed by atoms with E-state index in [-0.39, 0.29) is 18.0 Å². The van der Waals surface area contributed by atoms with E-state index in [2.05, 4.69) is 44.3 Å². The van der Waals surface area contributed by atoms with Crippen molar-refractivity contribution in [3.8, 4) is 0 Å². The third kappa shape index (κ3) is 5.28. The van der Waals surface area contributed by atoms with Gasteiger partial charge >= 0.3 is 0 Å². The van der Waals surface area contributed by atoms with Crippen LogP contribution in [0.25, 0.3) is 10.9 Å². The summed E-state index contributed by atoms with van der Waals surface area (Å²) in [4.78, 5) is 18.4. The first-order valence-corrected chi connectivity index (χ1v) is 15.8. The second-order valence-corrected chi connectivity index (χ2v) is 13.6. The molecule has 0 amide bonds. The quantitative estimate of drug-likeness (QED) is 0.314. The highest BCUT2D eigenvalue weighted by atomic mass is 32.2. The van der Waals surface area contributed by atoms with Gasteiger partial charge in [0.2, 0.25) is 5.95 Å². The fourth-order valence-electron chi connectivity index (χ4n) is 6.01. The lowest BCUT2D eigenvalue weighted by atomic mass is 9.89. The molecule has 2 aliphatic heterocycles. The van der Waals surface area contributed by atoms with E-state index in [1.54, 1.807) is 30.6 Å². The van der Waals surface area contributed by atoms with E-state index in [4.69, 9.17) is 4.98 Å². The summed E-state index contributed by atoms with van der Waals surface area (Å²) in [5, 5.41) is 13.3. The summed E-state index contributed by atoms with van der Waals surface area (Å²) in [5.74, 6) is 0.722.